The summed E-state index contributed by atoms with van der Waals surface area (Å²) in [6.07, 6.45) is 4.13. The minimum absolute atomic E-state index is 0.00348. The van der Waals surface area contributed by atoms with E-state index < -0.39 is 6.04 Å². The number of amides is 1. The molecule has 0 aromatic heterocycles. The monoisotopic (exact) mass is 558 g/mol. The fraction of sp³-hybridized carbons (Fsp3) is 0.333. The van der Waals surface area contributed by atoms with Crippen molar-refractivity contribution < 1.29 is 19.1 Å². The number of unbranched alkanes of at least 4 members (excludes halogenated alkanes) is 2. The van der Waals surface area contributed by atoms with Gasteiger partial charge in [0.2, 0.25) is 5.91 Å². The highest BCUT2D eigenvalue weighted by atomic mass is 35.5. The summed E-state index contributed by atoms with van der Waals surface area (Å²) in [7, 11) is 3.22. The SMILES string of the molecule is CCCCCC(=O)N1c2ccccc2NC2=C(C(=O)CC(c3ccc(OC)c(OC)c3)C2)C1c1cccc(Cl)c1. The van der Waals surface area contributed by atoms with Crippen LogP contribution < -0.4 is 19.7 Å². The van der Waals surface area contributed by atoms with Gasteiger partial charge in [-0.1, -0.05) is 61.7 Å². The van der Waals surface area contributed by atoms with Crippen LogP contribution in [0.25, 0.3) is 0 Å². The Hall–Kier alpha value is -3.77. The lowest BCUT2D eigenvalue weighted by atomic mass is 9.78. The lowest BCUT2D eigenvalue weighted by Crippen LogP contribution is -2.38. The third-order valence-corrected chi connectivity index (χ3v) is 8.03. The first-order valence-corrected chi connectivity index (χ1v) is 14.2. The molecule has 0 saturated carbocycles. The summed E-state index contributed by atoms with van der Waals surface area (Å²) in [6, 6.07) is 20.5. The maximum Gasteiger partial charge on any atom is 0.227 e. The maximum atomic E-state index is 14.2. The predicted octanol–water partition coefficient (Wildman–Crippen LogP) is 7.84. The van der Waals surface area contributed by atoms with E-state index in [1.807, 2.05) is 71.6 Å². The number of nitrogens with one attached hydrogen (secondary N) is 1. The van der Waals surface area contributed by atoms with E-state index in [1.165, 1.54) is 0 Å². The molecular weight excluding hydrogens is 524 g/mol. The lowest BCUT2D eigenvalue weighted by Gasteiger charge is -2.35. The summed E-state index contributed by atoms with van der Waals surface area (Å²) in [5.74, 6) is 1.23. The van der Waals surface area contributed by atoms with Gasteiger partial charge in [-0.05, 0) is 66.3 Å². The molecule has 2 aliphatic rings. The Morgan fingerprint density at radius 3 is 2.50 bits per heavy atom. The van der Waals surface area contributed by atoms with Gasteiger partial charge >= 0.3 is 0 Å². The van der Waals surface area contributed by atoms with Crippen LogP contribution in [0.1, 0.15) is 68.5 Å². The second kappa shape index (κ2) is 12.2. The summed E-state index contributed by atoms with van der Waals surface area (Å²) in [4.78, 5) is 29.9. The van der Waals surface area contributed by atoms with Crippen molar-refractivity contribution >= 4 is 34.7 Å². The van der Waals surface area contributed by atoms with Gasteiger partial charge in [0.1, 0.15) is 0 Å². The van der Waals surface area contributed by atoms with Crippen molar-refractivity contribution in [2.45, 2.75) is 57.4 Å². The smallest absolute Gasteiger partial charge is 0.227 e. The molecule has 1 amide bonds. The highest BCUT2D eigenvalue weighted by Gasteiger charge is 2.41. The maximum absolute atomic E-state index is 14.2. The Balaban J connectivity index is 1.64. The molecule has 0 saturated heterocycles. The molecule has 2 unspecified atom stereocenters. The van der Waals surface area contributed by atoms with E-state index in [0.717, 1.165) is 47.5 Å². The van der Waals surface area contributed by atoms with Crippen molar-refractivity contribution in [1.82, 2.24) is 0 Å². The van der Waals surface area contributed by atoms with E-state index in [-0.39, 0.29) is 17.6 Å². The van der Waals surface area contributed by atoms with Gasteiger partial charge in [-0.3, -0.25) is 14.5 Å². The van der Waals surface area contributed by atoms with Crippen molar-refractivity contribution in [2.75, 3.05) is 24.4 Å². The molecule has 0 radical (unpaired) electrons. The number of methoxy groups -OCH3 is 2. The number of ketones is 1. The quantitative estimate of drug-likeness (QED) is 0.285. The van der Waals surface area contributed by atoms with Crippen LogP contribution in [0.4, 0.5) is 11.4 Å². The van der Waals surface area contributed by atoms with Crippen LogP contribution in [0.5, 0.6) is 11.5 Å². The second-order valence-electron chi connectivity index (χ2n) is 10.4. The van der Waals surface area contributed by atoms with Crippen molar-refractivity contribution in [2.24, 2.45) is 0 Å². The third-order valence-electron chi connectivity index (χ3n) is 7.79. The molecule has 0 bridgehead atoms. The van der Waals surface area contributed by atoms with E-state index in [9.17, 15) is 9.59 Å². The second-order valence-corrected chi connectivity index (χ2v) is 10.8. The van der Waals surface area contributed by atoms with Crippen molar-refractivity contribution in [3.63, 3.8) is 0 Å². The summed E-state index contributed by atoms with van der Waals surface area (Å²) in [5.41, 5.74) is 4.85. The molecule has 2 atom stereocenters. The van der Waals surface area contributed by atoms with Gasteiger partial charge in [0.25, 0.3) is 0 Å². The minimum atomic E-state index is -0.585. The largest absolute Gasteiger partial charge is 0.493 e. The zero-order valence-electron chi connectivity index (χ0n) is 23.2. The highest BCUT2D eigenvalue weighted by Crippen LogP contribution is 2.48. The Morgan fingerprint density at radius 1 is 0.950 bits per heavy atom. The van der Waals surface area contributed by atoms with Gasteiger partial charge in [0.15, 0.2) is 17.3 Å². The first-order valence-electron chi connectivity index (χ1n) is 13.9. The van der Waals surface area contributed by atoms with Crippen LogP contribution in [0.15, 0.2) is 78.0 Å². The number of para-hydroxylation sites is 2. The van der Waals surface area contributed by atoms with Gasteiger partial charge < -0.3 is 14.8 Å². The number of carbonyl (C=O) groups excluding carboxylic acids is 2. The lowest BCUT2D eigenvalue weighted by molar-refractivity contribution is -0.119. The average Bonchev–Trinajstić information content (AvgIpc) is 3.11. The zero-order valence-corrected chi connectivity index (χ0v) is 24.0. The Bertz CT molecular complexity index is 1450. The molecule has 3 aromatic carbocycles. The number of Topliss-reactive ketones (excluding diaryl/α,β-unsaturated/α-hetero) is 1. The molecule has 1 N–H and O–H groups in total. The van der Waals surface area contributed by atoms with Crippen LogP contribution in [-0.2, 0) is 9.59 Å². The standard InChI is InChI=1S/C33H35ClN2O4/c1-4-5-6-14-31(38)36-27-13-8-7-12-25(27)35-26-18-23(21-15-16-29(39-2)30(20-21)40-3)19-28(37)32(26)33(36)22-10-9-11-24(34)17-22/h7-13,15-17,20,23,33,35H,4-6,14,18-19H2,1-3H3. The van der Waals surface area contributed by atoms with Gasteiger partial charge in [-0.2, -0.15) is 0 Å². The first kappa shape index (κ1) is 27.8. The van der Waals surface area contributed by atoms with Gasteiger partial charge in [-0.25, -0.2) is 0 Å². The molecule has 6 nitrogen and oxygen atoms in total. The number of carbonyl (C=O) groups is 2. The van der Waals surface area contributed by atoms with Crippen LogP contribution in [0, 0.1) is 0 Å². The normalized spacial score (nSPS) is 18.4. The fourth-order valence-electron chi connectivity index (χ4n) is 5.85. The molecule has 7 heteroatoms. The molecule has 0 fully saturated rings. The molecule has 1 aliphatic carbocycles. The molecule has 5 rings (SSSR count). The predicted molar refractivity (Wildman–Crippen MR) is 159 cm³/mol. The molecule has 208 valence electrons. The summed E-state index contributed by atoms with van der Waals surface area (Å²) < 4.78 is 11.0. The van der Waals surface area contributed by atoms with Gasteiger partial charge in [0, 0.05) is 29.1 Å². The minimum Gasteiger partial charge on any atom is -0.493 e. The number of fused-ring (bicyclic) bond motifs is 1. The number of allylic oxidation sites excluding steroid dienone is 1. The van der Waals surface area contributed by atoms with E-state index in [4.69, 9.17) is 21.1 Å². The molecule has 3 aromatic rings. The Morgan fingerprint density at radius 2 is 1.75 bits per heavy atom. The number of nitrogens with zero attached hydrogens (tertiary/aromatic N) is 1. The molecule has 1 heterocycles. The van der Waals surface area contributed by atoms with Crippen LogP contribution >= 0.6 is 11.6 Å². The number of rotatable bonds is 8. The number of hydrogen-bond acceptors (Lipinski definition) is 5. The van der Waals surface area contributed by atoms with Crippen LogP contribution in [0.3, 0.4) is 0 Å². The van der Waals surface area contributed by atoms with E-state index >= 15 is 0 Å². The zero-order chi connectivity index (χ0) is 28.2. The molecule has 40 heavy (non-hydrogen) atoms. The topological polar surface area (TPSA) is 67.9 Å². The summed E-state index contributed by atoms with van der Waals surface area (Å²) in [6.45, 7) is 2.12. The number of hydrogen-bond donors (Lipinski definition) is 1. The van der Waals surface area contributed by atoms with Gasteiger partial charge in [0.05, 0.1) is 31.6 Å². The number of halogens is 1. The van der Waals surface area contributed by atoms with Crippen molar-refractivity contribution in [3.05, 3.63) is 94.1 Å². The summed E-state index contributed by atoms with van der Waals surface area (Å²) >= 11 is 6.46. The fourth-order valence-corrected chi connectivity index (χ4v) is 6.05. The van der Waals surface area contributed by atoms with Crippen LogP contribution in [0.2, 0.25) is 5.02 Å². The van der Waals surface area contributed by atoms with E-state index in [2.05, 4.69) is 12.2 Å². The van der Waals surface area contributed by atoms with Crippen molar-refractivity contribution in [3.8, 4) is 11.5 Å². The van der Waals surface area contributed by atoms with Crippen molar-refractivity contribution in [1.29, 1.82) is 0 Å². The average molecular weight is 559 g/mol. The number of benzene rings is 3. The molecule has 0 spiro atoms. The van der Waals surface area contributed by atoms with E-state index in [0.29, 0.717) is 41.4 Å². The number of ether oxygens (including phenoxy) is 2. The van der Waals surface area contributed by atoms with Crippen LogP contribution in [-0.4, -0.2) is 25.9 Å². The Kier molecular flexibility index (Phi) is 8.46. The highest BCUT2D eigenvalue weighted by molar-refractivity contribution is 6.30. The Labute approximate surface area is 240 Å². The van der Waals surface area contributed by atoms with E-state index in [1.54, 1.807) is 14.2 Å². The number of anilines is 2. The third kappa shape index (κ3) is 5.46. The molecular formula is C33H35ClN2O4. The molecule has 1 aliphatic heterocycles. The summed E-state index contributed by atoms with van der Waals surface area (Å²) in [5, 5.41) is 4.15. The van der Waals surface area contributed by atoms with Gasteiger partial charge in [-0.15, -0.1) is 0 Å². The first-order chi connectivity index (χ1) is 19.4.